The van der Waals surface area contributed by atoms with Crippen LogP contribution in [0, 0.1) is 0 Å². The molecular formula is C19H24N8O2. The number of azide groups is 1. The Balaban J connectivity index is 1.99. The number of hydrogen-bond donors (Lipinski definition) is 2. The van der Waals surface area contributed by atoms with Crippen molar-refractivity contribution >= 4 is 22.8 Å². The molecule has 2 heterocycles. The molecule has 152 valence electrons. The SMILES string of the molecule is CCCC(CCO)Nc1nc(N=[N+]=[N-])nc2cn(Cc3ccccc3OC)nc12. The smallest absolute Gasteiger partial charge is 0.219 e. The predicted molar refractivity (Wildman–Crippen MR) is 110 cm³/mol. The lowest BCUT2D eigenvalue weighted by molar-refractivity contribution is 0.276. The maximum Gasteiger partial charge on any atom is 0.219 e. The zero-order valence-corrected chi connectivity index (χ0v) is 16.5. The van der Waals surface area contributed by atoms with Crippen molar-refractivity contribution in [2.45, 2.75) is 38.8 Å². The number of nitrogens with zero attached hydrogens (tertiary/aromatic N) is 7. The largest absolute Gasteiger partial charge is 0.496 e. The van der Waals surface area contributed by atoms with E-state index in [0.717, 1.165) is 24.2 Å². The number of aliphatic hydroxyl groups excluding tert-OH is 1. The lowest BCUT2D eigenvalue weighted by atomic mass is 10.1. The van der Waals surface area contributed by atoms with Crippen LogP contribution in [0.2, 0.25) is 0 Å². The Morgan fingerprint density at radius 2 is 2.14 bits per heavy atom. The number of aromatic nitrogens is 4. The van der Waals surface area contributed by atoms with Gasteiger partial charge in [-0.25, -0.2) is 9.97 Å². The van der Waals surface area contributed by atoms with E-state index in [1.54, 1.807) is 18.0 Å². The second-order valence-electron chi connectivity index (χ2n) is 6.58. The number of benzene rings is 1. The summed E-state index contributed by atoms with van der Waals surface area (Å²) in [6.07, 6.45) is 4.19. The molecule has 29 heavy (non-hydrogen) atoms. The number of hydrogen-bond acceptors (Lipinski definition) is 7. The number of rotatable bonds is 10. The van der Waals surface area contributed by atoms with Gasteiger partial charge in [-0.1, -0.05) is 31.5 Å². The molecule has 0 aliphatic rings. The lowest BCUT2D eigenvalue weighted by Crippen LogP contribution is -2.21. The van der Waals surface area contributed by atoms with Crippen LogP contribution in [0.5, 0.6) is 5.75 Å². The number of anilines is 1. The highest BCUT2D eigenvalue weighted by molar-refractivity contribution is 5.85. The van der Waals surface area contributed by atoms with Crippen molar-refractivity contribution < 1.29 is 9.84 Å². The van der Waals surface area contributed by atoms with E-state index in [0.29, 0.717) is 29.8 Å². The standard InChI is InChI=1S/C19H24N8O2/c1-3-6-14(9-10-28)21-18-17-15(22-19(23-18)24-26-20)12-27(25-17)11-13-7-4-5-8-16(13)29-2/h4-5,7-8,12,14,28H,3,6,9-11H2,1-2H3,(H,21,22,23). The van der Waals surface area contributed by atoms with Crippen molar-refractivity contribution in [1.29, 1.82) is 0 Å². The predicted octanol–water partition coefficient (Wildman–Crippen LogP) is 3.79. The third-order valence-corrected chi connectivity index (χ3v) is 4.51. The maximum atomic E-state index is 9.34. The third kappa shape index (κ3) is 4.92. The van der Waals surface area contributed by atoms with Gasteiger partial charge in [0.15, 0.2) is 11.3 Å². The molecule has 0 aliphatic carbocycles. The zero-order chi connectivity index (χ0) is 20.6. The van der Waals surface area contributed by atoms with Gasteiger partial charge in [-0.3, -0.25) is 4.68 Å². The Labute approximate surface area is 168 Å². The summed E-state index contributed by atoms with van der Waals surface area (Å²) in [5, 5.41) is 20.9. The molecule has 10 nitrogen and oxygen atoms in total. The molecule has 0 bridgehead atoms. The fraction of sp³-hybridized carbons (Fsp3) is 0.421. The summed E-state index contributed by atoms with van der Waals surface area (Å²) < 4.78 is 7.17. The summed E-state index contributed by atoms with van der Waals surface area (Å²) in [6.45, 7) is 2.64. The van der Waals surface area contributed by atoms with Gasteiger partial charge >= 0.3 is 0 Å². The molecule has 0 spiro atoms. The van der Waals surface area contributed by atoms with Crippen molar-refractivity contribution in [3.63, 3.8) is 0 Å². The molecule has 3 aromatic rings. The van der Waals surface area contributed by atoms with Crippen molar-refractivity contribution in [3.8, 4) is 5.75 Å². The van der Waals surface area contributed by atoms with Gasteiger partial charge in [-0.05, 0) is 29.6 Å². The first-order chi connectivity index (χ1) is 14.2. The van der Waals surface area contributed by atoms with E-state index >= 15 is 0 Å². The molecule has 0 radical (unpaired) electrons. The number of nitrogens with one attached hydrogen (secondary N) is 1. The Bertz CT molecular complexity index is 1010. The van der Waals surface area contributed by atoms with Gasteiger partial charge < -0.3 is 15.2 Å². The first-order valence-electron chi connectivity index (χ1n) is 9.48. The van der Waals surface area contributed by atoms with Crippen LogP contribution in [0.3, 0.4) is 0 Å². The summed E-state index contributed by atoms with van der Waals surface area (Å²) >= 11 is 0. The Hall–Kier alpha value is -3.36. The van der Waals surface area contributed by atoms with Gasteiger partial charge in [-0.15, -0.1) is 0 Å². The molecule has 0 amide bonds. The van der Waals surface area contributed by atoms with E-state index in [2.05, 4.69) is 37.3 Å². The Morgan fingerprint density at radius 3 is 2.86 bits per heavy atom. The van der Waals surface area contributed by atoms with Gasteiger partial charge in [0.2, 0.25) is 5.95 Å². The Morgan fingerprint density at radius 1 is 1.31 bits per heavy atom. The Kier molecular flexibility index (Phi) is 6.83. The fourth-order valence-corrected chi connectivity index (χ4v) is 3.21. The molecule has 1 aromatic carbocycles. The van der Waals surface area contributed by atoms with Gasteiger partial charge in [-0.2, -0.15) is 5.10 Å². The van der Waals surface area contributed by atoms with Crippen molar-refractivity contribution in [2.75, 3.05) is 19.0 Å². The van der Waals surface area contributed by atoms with E-state index in [1.807, 2.05) is 24.3 Å². The van der Waals surface area contributed by atoms with Crippen LogP contribution in [-0.4, -0.2) is 44.6 Å². The monoisotopic (exact) mass is 396 g/mol. The second-order valence-corrected chi connectivity index (χ2v) is 6.58. The van der Waals surface area contributed by atoms with Crippen molar-refractivity contribution in [2.24, 2.45) is 5.11 Å². The van der Waals surface area contributed by atoms with Gasteiger partial charge in [0.1, 0.15) is 11.3 Å². The van der Waals surface area contributed by atoms with Crippen molar-refractivity contribution in [3.05, 3.63) is 46.5 Å². The molecular weight excluding hydrogens is 372 g/mol. The average molecular weight is 396 g/mol. The highest BCUT2D eigenvalue weighted by atomic mass is 16.5. The molecule has 2 N–H and O–H groups in total. The molecule has 0 aliphatic heterocycles. The van der Waals surface area contributed by atoms with Crippen LogP contribution in [0.15, 0.2) is 35.6 Å². The van der Waals surface area contributed by atoms with E-state index in [-0.39, 0.29) is 18.6 Å². The van der Waals surface area contributed by atoms with E-state index in [4.69, 9.17) is 10.3 Å². The topological polar surface area (TPSA) is 134 Å². The normalized spacial score (nSPS) is 11.8. The van der Waals surface area contributed by atoms with E-state index in [1.165, 1.54) is 0 Å². The molecule has 2 aromatic heterocycles. The molecule has 10 heteroatoms. The maximum absolute atomic E-state index is 9.34. The first-order valence-corrected chi connectivity index (χ1v) is 9.48. The summed E-state index contributed by atoms with van der Waals surface area (Å²) in [5.74, 6) is 1.29. The van der Waals surface area contributed by atoms with Crippen LogP contribution in [-0.2, 0) is 6.54 Å². The number of ether oxygens (including phenoxy) is 1. The van der Waals surface area contributed by atoms with Crippen LogP contribution >= 0.6 is 0 Å². The van der Waals surface area contributed by atoms with E-state index in [9.17, 15) is 5.11 Å². The van der Waals surface area contributed by atoms with Crippen LogP contribution < -0.4 is 10.1 Å². The highest BCUT2D eigenvalue weighted by Crippen LogP contribution is 2.25. The summed E-state index contributed by atoms with van der Waals surface area (Å²) in [7, 11) is 1.63. The second kappa shape index (κ2) is 9.72. The van der Waals surface area contributed by atoms with Crippen LogP contribution in [0.25, 0.3) is 21.5 Å². The van der Waals surface area contributed by atoms with Crippen molar-refractivity contribution in [1.82, 2.24) is 19.7 Å². The van der Waals surface area contributed by atoms with Crippen LogP contribution in [0.4, 0.5) is 11.8 Å². The molecule has 0 saturated heterocycles. The molecule has 3 rings (SSSR count). The van der Waals surface area contributed by atoms with Gasteiger partial charge in [0.05, 0.1) is 19.9 Å². The minimum atomic E-state index is 0.0265. The molecule has 1 unspecified atom stereocenters. The van der Waals surface area contributed by atoms with Gasteiger partial charge in [0.25, 0.3) is 0 Å². The minimum absolute atomic E-state index is 0.0265. The quantitative estimate of drug-likeness (QED) is 0.304. The number of aliphatic hydroxyl groups is 1. The molecule has 0 saturated carbocycles. The number of fused-ring (bicyclic) bond motifs is 1. The number of para-hydroxylation sites is 1. The summed E-state index contributed by atoms with van der Waals surface area (Å²) in [4.78, 5) is 11.4. The zero-order valence-electron chi connectivity index (χ0n) is 16.5. The third-order valence-electron chi connectivity index (χ3n) is 4.51. The number of methoxy groups -OCH3 is 1. The van der Waals surface area contributed by atoms with Crippen LogP contribution in [0.1, 0.15) is 31.7 Å². The minimum Gasteiger partial charge on any atom is -0.496 e. The lowest BCUT2D eigenvalue weighted by Gasteiger charge is -2.17. The first kappa shape index (κ1) is 20.4. The summed E-state index contributed by atoms with van der Waals surface area (Å²) in [5.41, 5.74) is 10.9. The fourth-order valence-electron chi connectivity index (χ4n) is 3.21. The highest BCUT2D eigenvalue weighted by Gasteiger charge is 2.16. The molecule has 0 fully saturated rings. The van der Waals surface area contributed by atoms with E-state index < -0.39 is 0 Å². The summed E-state index contributed by atoms with van der Waals surface area (Å²) in [6, 6.07) is 7.75. The molecule has 1 atom stereocenters. The average Bonchev–Trinajstić information content (AvgIpc) is 3.12. The van der Waals surface area contributed by atoms with Gasteiger partial charge in [0, 0.05) is 23.1 Å².